The van der Waals surface area contributed by atoms with Crippen LogP contribution in [-0.2, 0) is 6.42 Å². The molecule has 0 aliphatic heterocycles. The first-order valence-corrected chi connectivity index (χ1v) is 25.2. The van der Waals surface area contributed by atoms with Crippen LogP contribution < -0.4 is 131 Å². The van der Waals surface area contributed by atoms with E-state index in [4.69, 9.17) is 4.98 Å². The van der Waals surface area contributed by atoms with Gasteiger partial charge >= 0.3 is 0 Å². The second-order valence-corrected chi connectivity index (χ2v) is 21.4. The van der Waals surface area contributed by atoms with Crippen molar-refractivity contribution in [3.8, 4) is 44.8 Å². The first kappa shape index (κ1) is 50.3. The van der Waals surface area contributed by atoms with Gasteiger partial charge in [0.15, 0.2) is 0 Å². The zero-order valence-electron chi connectivity index (χ0n) is 46.5. The Balaban J connectivity index is 1.63. The Bertz CT molecular complexity index is 3510. The lowest BCUT2D eigenvalue weighted by atomic mass is 9.54. The van der Waals surface area contributed by atoms with Crippen LogP contribution in [0.3, 0.4) is 0 Å². The molecule has 0 radical (unpaired) electrons. The molecule has 1 heterocycles. The van der Waals surface area contributed by atoms with E-state index < -0.39 is 0 Å². The normalized spacial score (nSPS) is 11.7. The molecule has 68 heavy (non-hydrogen) atoms. The fourth-order valence-corrected chi connectivity index (χ4v) is 12.8. The second kappa shape index (κ2) is 17.3. The number of phenols is 1. The highest BCUT2D eigenvalue weighted by atomic mass is 16.3. The van der Waals surface area contributed by atoms with E-state index >= 15 is 0 Å². The third-order valence-corrected chi connectivity index (χ3v) is 18.9. The Morgan fingerprint density at radius 2 is 0.559 bits per heavy atom. The smallest absolute Gasteiger partial charge is 0.143 e. The predicted molar refractivity (Wildman–Crippen MR) is 380 cm³/mol. The van der Waals surface area contributed by atoms with E-state index in [2.05, 4.69) is 192 Å². The van der Waals surface area contributed by atoms with Gasteiger partial charge < -0.3 is 5.11 Å². The van der Waals surface area contributed by atoms with Gasteiger partial charge in [0.1, 0.15) is 205 Å². The van der Waals surface area contributed by atoms with Crippen LogP contribution in [0, 0.1) is 0 Å². The molecule has 0 spiro atoms. The fourth-order valence-electron chi connectivity index (χ4n) is 12.8. The summed E-state index contributed by atoms with van der Waals surface area (Å²) < 4.78 is 2.30. The van der Waals surface area contributed by atoms with Crippen molar-refractivity contribution in [1.29, 1.82) is 0 Å². The number of fused-ring (bicyclic) bond motifs is 3. The number of phenolic OH excluding ortho intramolecular Hbond substituents is 1. The molecule has 3 nitrogen and oxygen atoms in total. The molecule has 1 N–H and O–H groups in total. The first-order chi connectivity index (χ1) is 31.7. The van der Waals surface area contributed by atoms with E-state index in [1.54, 1.807) is 0 Å². The summed E-state index contributed by atoms with van der Waals surface area (Å²) in [6.45, 7) is 2.18. The van der Waals surface area contributed by atoms with Crippen molar-refractivity contribution in [2.75, 3.05) is 0 Å². The van der Waals surface area contributed by atoms with Crippen molar-refractivity contribution in [3.63, 3.8) is 0 Å². The molecule has 8 rings (SSSR count). The average Bonchev–Trinajstić information content (AvgIpc) is 3.70. The van der Waals surface area contributed by atoms with Gasteiger partial charge in [0.05, 0.1) is 5.52 Å². The summed E-state index contributed by atoms with van der Waals surface area (Å²) in [4.78, 5) is 5.26. The number of rotatable bonds is 5. The molecule has 1 aromatic heterocycles. The number of nitrogens with zero attached hydrogens (tertiary/aromatic N) is 2. The molecular weight excluding hydrogens is 796 g/mol. The maximum absolute atomic E-state index is 12.0. The van der Waals surface area contributed by atoms with Gasteiger partial charge in [0.25, 0.3) is 0 Å². The molecule has 0 unspecified atom stereocenters. The monoisotopic (exact) mass is 855 g/mol. The molecule has 27 heteroatoms. The second-order valence-electron chi connectivity index (χ2n) is 21.4. The van der Waals surface area contributed by atoms with Gasteiger partial charge in [-0.3, -0.25) is 4.57 Å². The summed E-state index contributed by atoms with van der Waals surface area (Å²) in [5, 5.41) is 17.5. The largest absolute Gasteiger partial charge is 0.506 e. The van der Waals surface area contributed by atoms with Crippen LogP contribution in [0.4, 0.5) is 0 Å². The molecule has 0 saturated heterocycles. The van der Waals surface area contributed by atoms with Crippen molar-refractivity contribution >= 4 is 352 Å². The zero-order chi connectivity index (χ0) is 50.5. The SMILES string of the molecule is Bc1c(B)c(B)c(-c2c(B)c(B)c(-c3c4c(B)c(B)c(B)c(B)c4c(-c4c(B)c(B)c(-n5c(CC)nc6c(B)c(B)c(B)c(O)c65)c(B)c4B)c4c(B)c(B)c(B)c(B)c34)c(B)c2B)c(B)c1B. The van der Waals surface area contributed by atoms with Gasteiger partial charge in [-0.25, -0.2) is 4.98 Å². The molecule has 0 saturated carbocycles. The third-order valence-electron chi connectivity index (χ3n) is 18.9. The van der Waals surface area contributed by atoms with Gasteiger partial charge in [-0.2, -0.15) is 0 Å². The average molecular weight is 850 g/mol. The summed E-state index contributed by atoms with van der Waals surface area (Å²) in [5.41, 5.74) is 42.6. The van der Waals surface area contributed by atoms with Crippen LogP contribution >= 0.6 is 0 Å². The van der Waals surface area contributed by atoms with Crippen molar-refractivity contribution in [3.05, 3.63) is 5.82 Å². The summed E-state index contributed by atoms with van der Waals surface area (Å²) in [6, 6.07) is 0. The van der Waals surface area contributed by atoms with Crippen molar-refractivity contribution in [2.24, 2.45) is 0 Å². The highest BCUT2D eigenvalue weighted by Crippen LogP contribution is 2.39. The highest BCUT2D eigenvalue weighted by Gasteiger charge is 2.31. The van der Waals surface area contributed by atoms with Gasteiger partial charge in [-0.15, -0.1) is 38.2 Å². The Morgan fingerprint density at radius 3 is 0.882 bits per heavy atom. The van der Waals surface area contributed by atoms with E-state index in [9.17, 15) is 5.11 Å². The van der Waals surface area contributed by atoms with Gasteiger partial charge in [-0.1, -0.05) is 99.8 Å². The van der Waals surface area contributed by atoms with Gasteiger partial charge in [0.2, 0.25) is 0 Å². The first-order valence-electron chi connectivity index (χ1n) is 25.2. The standard InChI is InChI=1S/C41H54B24N2O/c1-2-3-66-38-34(62)33(61)37(65)41(68)40(38)67(3)39-35(63)24(52)11(25(53)36(39)64)5-8-6(14(42)26(54)28(56)16(8)44)4(7-9(5)17(45)29(57)27(55)15(7)43)10-18(46)20(48)12(21(49)19(10)47)13-22(50)30(58)32(60)31(59)23(13)51/h68H,2,42-65H2,1H3. The van der Waals surface area contributed by atoms with Crippen LogP contribution in [0.25, 0.3) is 71.6 Å². The van der Waals surface area contributed by atoms with E-state index in [-0.39, 0.29) is 0 Å². The maximum atomic E-state index is 12.0. The van der Waals surface area contributed by atoms with E-state index in [1.165, 1.54) is 170 Å². The minimum atomic E-state index is 0.327. The number of aromatic nitrogens is 2. The topological polar surface area (TPSA) is 38.0 Å². The lowest BCUT2D eigenvalue weighted by Gasteiger charge is -2.33. The number of hydrogen-bond donors (Lipinski definition) is 1. The number of benzene rings is 7. The van der Waals surface area contributed by atoms with Crippen LogP contribution in [0.2, 0.25) is 0 Å². The summed E-state index contributed by atoms with van der Waals surface area (Å²) in [6.07, 6.45) is 0.748. The zero-order valence-corrected chi connectivity index (χ0v) is 46.5. The predicted octanol–water partition coefficient (Wildman–Crippen LogP) is -31.2. The summed E-state index contributed by atoms with van der Waals surface area (Å²) >= 11 is 0. The lowest BCUT2D eigenvalue weighted by Crippen LogP contribution is -2.57. The van der Waals surface area contributed by atoms with Crippen molar-refractivity contribution < 1.29 is 5.11 Å². The molecule has 0 bridgehead atoms. The number of aryl methyl sites for hydroxylation is 1. The molecule has 306 valence electrons. The minimum absolute atomic E-state index is 0.327. The maximum Gasteiger partial charge on any atom is 0.143 e. The molecule has 0 atom stereocenters. The van der Waals surface area contributed by atoms with Gasteiger partial charge in [0, 0.05) is 12.1 Å². The molecule has 0 amide bonds. The molecule has 7 aromatic carbocycles. The fraction of sp³-hybridized carbons (Fsp3) is 0.0488. The molecule has 8 aromatic rings. The van der Waals surface area contributed by atoms with Crippen molar-refractivity contribution in [2.45, 2.75) is 13.3 Å². The molecule has 0 fully saturated rings. The van der Waals surface area contributed by atoms with Crippen LogP contribution in [0.5, 0.6) is 5.75 Å². The number of hydrogen-bond acceptors (Lipinski definition) is 2. The Kier molecular flexibility index (Phi) is 12.8. The van der Waals surface area contributed by atoms with E-state index in [0.29, 0.717) is 5.75 Å². The Hall–Kier alpha value is -4.11. The summed E-state index contributed by atoms with van der Waals surface area (Å²) in [7, 11) is 55.7. The van der Waals surface area contributed by atoms with Crippen LogP contribution in [0.15, 0.2) is 0 Å². The Labute approximate surface area is 428 Å². The third kappa shape index (κ3) is 6.64. The molecule has 0 aliphatic carbocycles. The van der Waals surface area contributed by atoms with E-state index in [0.717, 1.165) is 45.4 Å². The van der Waals surface area contributed by atoms with Crippen LogP contribution in [0.1, 0.15) is 12.7 Å². The Morgan fingerprint density at radius 1 is 0.309 bits per heavy atom. The summed E-state index contributed by atoms with van der Waals surface area (Å²) in [5.74, 6) is 1.30. The quantitative estimate of drug-likeness (QED) is 0.138. The van der Waals surface area contributed by atoms with Crippen molar-refractivity contribution in [1.82, 2.24) is 9.55 Å². The lowest BCUT2D eigenvalue weighted by molar-refractivity contribution is 0.484. The highest BCUT2D eigenvalue weighted by molar-refractivity contribution is 6.75. The van der Waals surface area contributed by atoms with Gasteiger partial charge in [-0.05, 0) is 54.9 Å². The van der Waals surface area contributed by atoms with Crippen LogP contribution in [-0.4, -0.2) is 203 Å². The minimum Gasteiger partial charge on any atom is -0.506 e. The molecule has 0 aliphatic rings. The van der Waals surface area contributed by atoms with E-state index in [1.807, 2.05) is 7.85 Å². The molecular formula is C41H54B24N2O. The number of imidazole rings is 1. The number of aromatic hydroxyl groups is 1.